The summed E-state index contributed by atoms with van der Waals surface area (Å²) in [4.78, 5) is 0. The third kappa shape index (κ3) is 22.4. The maximum atomic E-state index is 8.89. The zero-order chi connectivity index (χ0) is 32.6. The van der Waals surface area contributed by atoms with Crippen molar-refractivity contribution in [1.29, 1.82) is 10.5 Å². The van der Waals surface area contributed by atoms with Gasteiger partial charge in [0.15, 0.2) is 0 Å². The van der Waals surface area contributed by atoms with Gasteiger partial charge in [-0.2, -0.15) is 10.5 Å². The van der Waals surface area contributed by atoms with Gasteiger partial charge in [-0.05, 0) is 74.0 Å². The summed E-state index contributed by atoms with van der Waals surface area (Å²) in [5.74, 6) is 1.36. The number of aryl methyl sites for hydroxylation is 1. The SMILES string of the molecule is CCCCCCCCCC[C@H](CCCCCCC#N)c1ccc([C@H](CCCCCCC#N)CCCCCCCCCC)c(C)c1. The molecule has 0 spiro atoms. The van der Waals surface area contributed by atoms with Gasteiger partial charge in [0.25, 0.3) is 0 Å². The quantitative estimate of drug-likeness (QED) is 0.0754. The van der Waals surface area contributed by atoms with Crippen molar-refractivity contribution in [3.63, 3.8) is 0 Å². The summed E-state index contributed by atoms with van der Waals surface area (Å²) < 4.78 is 0. The van der Waals surface area contributed by atoms with Crippen LogP contribution in [0.15, 0.2) is 18.2 Å². The third-order valence-corrected chi connectivity index (χ3v) is 10.2. The lowest BCUT2D eigenvalue weighted by Gasteiger charge is -2.23. The van der Waals surface area contributed by atoms with E-state index in [0.29, 0.717) is 24.7 Å². The zero-order valence-corrected chi connectivity index (χ0v) is 30.5. The van der Waals surface area contributed by atoms with Crippen LogP contribution in [0.25, 0.3) is 0 Å². The van der Waals surface area contributed by atoms with Crippen molar-refractivity contribution in [3.8, 4) is 12.1 Å². The second-order valence-corrected chi connectivity index (χ2v) is 14.3. The average molecular weight is 619 g/mol. The fourth-order valence-electron chi connectivity index (χ4n) is 7.29. The molecule has 0 aliphatic carbocycles. The van der Waals surface area contributed by atoms with Crippen LogP contribution in [-0.2, 0) is 0 Å². The summed E-state index contributed by atoms with van der Waals surface area (Å²) in [6, 6.07) is 12.2. The van der Waals surface area contributed by atoms with Crippen molar-refractivity contribution < 1.29 is 0 Å². The minimum atomic E-state index is 0.681. The van der Waals surface area contributed by atoms with E-state index in [1.54, 1.807) is 11.1 Å². The molecule has 1 aromatic carbocycles. The van der Waals surface area contributed by atoms with Gasteiger partial charge >= 0.3 is 0 Å². The monoisotopic (exact) mass is 619 g/mol. The van der Waals surface area contributed by atoms with Crippen LogP contribution in [0, 0.1) is 29.6 Å². The number of unbranched alkanes of at least 4 members (excludes halogenated alkanes) is 22. The molecule has 2 nitrogen and oxygen atoms in total. The summed E-state index contributed by atoms with van der Waals surface area (Å²) in [6.07, 6.45) is 38.6. The van der Waals surface area contributed by atoms with Gasteiger partial charge in [0.05, 0.1) is 12.1 Å². The van der Waals surface area contributed by atoms with E-state index < -0.39 is 0 Å². The first kappa shape index (κ1) is 41.2. The highest BCUT2D eigenvalue weighted by atomic mass is 14.2. The lowest BCUT2D eigenvalue weighted by atomic mass is 9.82. The van der Waals surface area contributed by atoms with Crippen molar-refractivity contribution in [2.24, 2.45) is 0 Å². The summed E-state index contributed by atoms with van der Waals surface area (Å²) in [6.45, 7) is 6.99. The van der Waals surface area contributed by atoms with Crippen LogP contribution in [0.3, 0.4) is 0 Å². The first-order chi connectivity index (χ1) is 22.2. The number of rotatable bonds is 32. The maximum absolute atomic E-state index is 8.89. The Morgan fingerprint density at radius 2 is 0.822 bits per heavy atom. The second kappa shape index (κ2) is 30.8. The zero-order valence-electron chi connectivity index (χ0n) is 30.5. The number of nitrogens with zero attached hydrogens (tertiary/aromatic N) is 2. The van der Waals surface area contributed by atoms with E-state index in [-0.39, 0.29) is 0 Å². The molecule has 0 bridgehead atoms. The molecule has 2 heteroatoms. The molecule has 0 unspecified atom stereocenters. The van der Waals surface area contributed by atoms with Crippen molar-refractivity contribution >= 4 is 0 Å². The number of hydrogen-bond acceptors (Lipinski definition) is 2. The van der Waals surface area contributed by atoms with Gasteiger partial charge in [-0.25, -0.2) is 0 Å². The van der Waals surface area contributed by atoms with Gasteiger partial charge in [-0.15, -0.1) is 0 Å². The van der Waals surface area contributed by atoms with Gasteiger partial charge in [-0.3, -0.25) is 0 Å². The van der Waals surface area contributed by atoms with Crippen LogP contribution in [0.1, 0.15) is 235 Å². The van der Waals surface area contributed by atoms with E-state index >= 15 is 0 Å². The van der Waals surface area contributed by atoms with Crippen molar-refractivity contribution in [2.45, 2.75) is 225 Å². The normalized spacial score (nSPS) is 12.6. The fraction of sp³-hybridized carbons (Fsp3) is 0.814. The molecule has 0 heterocycles. The standard InChI is InChI=1S/C43H74N2/c1-4-6-8-10-12-14-18-24-30-40(31-25-20-16-22-28-36-44)42-34-35-43(39(3)38-42)41(33-27-21-17-23-29-37-45)32-26-19-15-13-11-9-7-5-2/h34-35,38,40-41H,4-33H2,1-3H3/t40-,41+/m1/s1. The molecule has 256 valence electrons. The molecule has 2 atom stereocenters. The Morgan fingerprint density at radius 3 is 1.20 bits per heavy atom. The molecule has 1 rings (SSSR count). The van der Waals surface area contributed by atoms with E-state index in [1.165, 1.54) is 173 Å². The lowest BCUT2D eigenvalue weighted by Crippen LogP contribution is -2.05. The molecule has 0 saturated heterocycles. The molecule has 1 aromatic rings. The van der Waals surface area contributed by atoms with E-state index in [9.17, 15) is 0 Å². The Hall–Kier alpha value is -1.80. The second-order valence-electron chi connectivity index (χ2n) is 14.3. The fourth-order valence-corrected chi connectivity index (χ4v) is 7.29. The predicted octanol–water partition coefficient (Wildman–Crippen LogP) is 15.0. The highest BCUT2D eigenvalue weighted by molar-refractivity contribution is 5.35. The molecular weight excluding hydrogens is 544 g/mol. The highest BCUT2D eigenvalue weighted by Crippen LogP contribution is 2.35. The van der Waals surface area contributed by atoms with E-state index in [1.807, 2.05) is 0 Å². The maximum Gasteiger partial charge on any atom is 0.0621 e. The first-order valence-corrected chi connectivity index (χ1v) is 20.0. The molecule has 0 amide bonds. The Labute approximate surface area is 282 Å². The minimum Gasteiger partial charge on any atom is -0.198 e. The molecule has 0 fully saturated rings. The van der Waals surface area contributed by atoms with E-state index in [0.717, 1.165) is 12.8 Å². The molecule has 0 aliphatic heterocycles. The lowest BCUT2D eigenvalue weighted by molar-refractivity contribution is 0.482. The smallest absolute Gasteiger partial charge is 0.0621 e. The summed E-state index contributed by atoms with van der Waals surface area (Å²) in [5, 5.41) is 17.8. The number of nitriles is 2. The van der Waals surface area contributed by atoms with Crippen molar-refractivity contribution in [2.75, 3.05) is 0 Å². The Bertz CT molecular complexity index is 875. The largest absolute Gasteiger partial charge is 0.198 e. The van der Waals surface area contributed by atoms with Gasteiger partial charge < -0.3 is 0 Å². The molecule has 0 aromatic heterocycles. The third-order valence-electron chi connectivity index (χ3n) is 10.2. The van der Waals surface area contributed by atoms with Crippen LogP contribution < -0.4 is 0 Å². The van der Waals surface area contributed by atoms with Crippen LogP contribution in [0.4, 0.5) is 0 Å². The van der Waals surface area contributed by atoms with Crippen molar-refractivity contribution in [1.82, 2.24) is 0 Å². The summed E-state index contributed by atoms with van der Waals surface area (Å²) in [7, 11) is 0. The predicted molar refractivity (Wildman–Crippen MR) is 198 cm³/mol. The van der Waals surface area contributed by atoms with Crippen molar-refractivity contribution in [3.05, 3.63) is 34.9 Å². The van der Waals surface area contributed by atoms with E-state index in [4.69, 9.17) is 10.5 Å². The molecular formula is C43H74N2. The Morgan fingerprint density at radius 1 is 0.467 bits per heavy atom. The van der Waals surface area contributed by atoms with Crippen LogP contribution in [0.5, 0.6) is 0 Å². The van der Waals surface area contributed by atoms with Crippen LogP contribution in [-0.4, -0.2) is 0 Å². The Balaban J connectivity index is 2.81. The molecule has 0 N–H and O–H groups in total. The summed E-state index contributed by atoms with van der Waals surface area (Å²) >= 11 is 0. The van der Waals surface area contributed by atoms with Gasteiger partial charge in [0, 0.05) is 12.8 Å². The highest BCUT2D eigenvalue weighted by Gasteiger charge is 2.17. The molecule has 0 aliphatic rings. The molecule has 0 radical (unpaired) electrons. The van der Waals surface area contributed by atoms with Crippen LogP contribution in [0.2, 0.25) is 0 Å². The average Bonchev–Trinajstić information content (AvgIpc) is 3.05. The van der Waals surface area contributed by atoms with Gasteiger partial charge in [0.2, 0.25) is 0 Å². The topological polar surface area (TPSA) is 47.6 Å². The number of hydrogen-bond donors (Lipinski definition) is 0. The first-order valence-electron chi connectivity index (χ1n) is 20.0. The van der Waals surface area contributed by atoms with E-state index in [2.05, 4.69) is 51.1 Å². The summed E-state index contributed by atoms with van der Waals surface area (Å²) in [5.41, 5.74) is 4.72. The number of benzene rings is 1. The Kier molecular flexibility index (Phi) is 28.2. The minimum absolute atomic E-state index is 0.681. The van der Waals surface area contributed by atoms with Gasteiger partial charge in [-0.1, -0.05) is 173 Å². The van der Waals surface area contributed by atoms with Gasteiger partial charge in [0.1, 0.15) is 0 Å². The van der Waals surface area contributed by atoms with Crippen LogP contribution >= 0.6 is 0 Å². The molecule has 0 saturated carbocycles. The molecule has 45 heavy (non-hydrogen) atoms.